The van der Waals surface area contributed by atoms with Crippen LogP contribution in [-0.4, -0.2) is 97.3 Å². The van der Waals surface area contributed by atoms with Gasteiger partial charge in [0.05, 0.1) is 24.3 Å². The van der Waals surface area contributed by atoms with Gasteiger partial charge in [0.2, 0.25) is 0 Å². The van der Waals surface area contributed by atoms with Crippen LogP contribution in [0.15, 0.2) is 78.4 Å². The van der Waals surface area contributed by atoms with E-state index in [1.165, 1.54) is 30.3 Å². The quantitative estimate of drug-likeness (QED) is 0.0118. The van der Waals surface area contributed by atoms with Crippen LogP contribution in [0, 0.1) is 0 Å². The fraction of sp³-hybridized carbons (Fsp3) is 0.520. The predicted molar refractivity (Wildman–Crippen MR) is 237 cm³/mol. The lowest BCUT2D eigenvalue weighted by molar-refractivity contribution is -0.469. The van der Waals surface area contributed by atoms with Gasteiger partial charge in [0.25, 0.3) is 0 Å². The number of halogens is 19. The van der Waals surface area contributed by atoms with Crippen LogP contribution in [0.1, 0.15) is 117 Å². The molecule has 0 aliphatic carbocycles. The summed E-state index contributed by atoms with van der Waals surface area (Å²) in [6, 6.07) is 12.0. The zero-order chi connectivity index (χ0) is 59.2. The Kier molecular flexibility index (Phi) is 22.5. The molecule has 3 rings (SSSR count). The van der Waals surface area contributed by atoms with E-state index in [-0.39, 0.29) is 35.7 Å². The van der Waals surface area contributed by atoms with Gasteiger partial charge >= 0.3 is 77.4 Å². The van der Waals surface area contributed by atoms with Crippen LogP contribution >= 0.6 is 0 Å². The van der Waals surface area contributed by atoms with E-state index >= 15 is 0 Å². The standard InChI is InChI=1S/C50H49F19O9/c1-3-5-7-9-11-13-27-74-40(72)37(41(73)75-28-14-12-10-8-6-4-2)29-31-15-17-32(18-16-31)38(70)77-35-21-19-33(20-22-35)39(71)78-36-25-23-34(24-26-36)76-30-42(51,52)43(53,54)44(55,56)45(57,58)46(59,60)47(61,62)48(63,64)49(65,66)50(67,68)69/h15-26,29H,3-14,27-28,30H2,1-2H3. The molecule has 9 nitrogen and oxygen atoms in total. The molecule has 0 unspecified atom stereocenters. The van der Waals surface area contributed by atoms with Crippen molar-refractivity contribution >= 4 is 30.0 Å². The number of unbranched alkanes of at least 4 members (excludes halogenated alkanes) is 10. The summed E-state index contributed by atoms with van der Waals surface area (Å²) >= 11 is 0. The summed E-state index contributed by atoms with van der Waals surface area (Å²) in [5, 5.41) is 0. The Morgan fingerprint density at radius 1 is 0.397 bits per heavy atom. The third-order valence-corrected chi connectivity index (χ3v) is 11.3. The van der Waals surface area contributed by atoms with Crippen molar-refractivity contribution in [2.75, 3.05) is 19.8 Å². The van der Waals surface area contributed by atoms with Crippen LogP contribution in [0.3, 0.4) is 0 Å². The van der Waals surface area contributed by atoms with Crippen molar-refractivity contribution in [1.82, 2.24) is 0 Å². The van der Waals surface area contributed by atoms with Gasteiger partial charge in [-0.2, -0.15) is 83.4 Å². The third kappa shape index (κ3) is 15.1. The van der Waals surface area contributed by atoms with Crippen molar-refractivity contribution in [3.63, 3.8) is 0 Å². The largest absolute Gasteiger partial charge is 0.487 e. The molecule has 0 aliphatic rings. The number of ether oxygens (including phenoxy) is 5. The lowest BCUT2D eigenvalue weighted by atomic mass is 9.87. The van der Waals surface area contributed by atoms with Gasteiger partial charge in [0, 0.05) is 0 Å². The van der Waals surface area contributed by atoms with Gasteiger partial charge in [-0.15, -0.1) is 0 Å². The van der Waals surface area contributed by atoms with Crippen LogP contribution in [0.4, 0.5) is 83.4 Å². The second-order valence-electron chi connectivity index (χ2n) is 17.3. The smallest absolute Gasteiger partial charge is 0.460 e. The van der Waals surface area contributed by atoms with E-state index < -0.39 is 95.5 Å². The summed E-state index contributed by atoms with van der Waals surface area (Å²) < 4.78 is 284. The Hall–Kier alpha value is -6.25. The first-order valence-electron chi connectivity index (χ1n) is 23.5. The Labute approximate surface area is 432 Å². The molecule has 0 aromatic heterocycles. The Morgan fingerprint density at radius 3 is 1.10 bits per heavy atom. The molecule has 0 saturated heterocycles. The Balaban J connectivity index is 1.65. The van der Waals surface area contributed by atoms with Crippen LogP contribution in [0.2, 0.25) is 0 Å². The minimum absolute atomic E-state index is 0.0160. The first-order chi connectivity index (χ1) is 36.0. The summed E-state index contributed by atoms with van der Waals surface area (Å²) in [6.07, 6.45) is 4.38. The molecule has 436 valence electrons. The molecule has 0 amide bonds. The number of alkyl halides is 19. The zero-order valence-corrected chi connectivity index (χ0v) is 41.0. The fourth-order valence-corrected chi connectivity index (χ4v) is 6.59. The summed E-state index contributed by atoms with van der Waals surface area (Å²) in [5.74, 6) is -73.5. The van der Waals surface area contributed by atoms with Crippen LogP contribution in [0.5, 0.6) is 17.2 Å². The van der Waals surface area contributed by atoms with Gasteiger partial charge in [-0.1, -0.05) is 90.2 Å². The van der Waals surface area contributed by atoms with Crippen LogP contribution < -0.4 is 14.2 Å². The third-order valence-electron chi connectivity index (χ3n) is 11.3. The van der Waals surface area contributed by atoms with Gasteiger partial charge in [0.1, 0.15) is 22.8 Å². The van der Waals surface area contributed by atoms with Gasteiger partial charge < -0.3 is 23.7 Å². The molecule has 0 saturated carbocycles. The Morgan fingerprint density at radius 2 is 0.718 bits per heavy atom. The lowest BCUT2D eigenvalue weighted by Crippen LogP contribution is -2.76. The maximum atomic E-state index is 14.4. The maximum absolute atomic E-state index is 14.4. The van der Waals surface area contributed by atoms with Gasteiger partial charge in [-0.3, -0.25) is 0 Å². The molecular formula is C50H49F19O9. The highest BCUT2D eigenvalue weighted by Crippen LogP contribution is 2.65. The van der Waals surface area contributed by atoms with E-state index in [4.69, 9.17) is 18.9 Å². The average molecular weight is 1150 g/mol. The molecule has 0 heterocycles. The summed E-state index contributed by atoms with van der Waals surface area (Å²) in [6.45, 7) is 1.06. The summed E-state index contributed by atoms with van der Waals surface area (Å²) in [4.78, 5) is 51.7. The first kappa shape index (κ1) is 66.0. The molecule has 0 radical (unpaired) electrons. The molecule has 3 aromatic rings. The highest BCUT2D eigenvalue weighted by atomic mass is 19.4. The first-order valence-corrected chi connectivity index (χ1v) is 23.5. The Bertz CT molecular complexity index is 2440. The van der Waals surface area contributed by atoms with Gasteiger partial charge in [-0.25, -0.2) is 19.2 Å². The van der Waals surface area contributed by atoms with Crippen molar-refractivity contribution in [2.24, 2.45) is 0 Å². The van der Waals surface area contributed by atoms with Crippen molar-refractivity contribution in [3.05, 3.63) is 95.1 Å². The topological polar surface area (TPSA) is 114 Å². The number of benzene rings is 3. The normalized spacial score (nSPS) is 13.1. The molecule has 3 aromatic carbocycles. The van der Waals surface area contributed by atoms with Crippen molar-refractivity contribution in [3.8, 4) is 17.2 Å². The average Bonchev–Trinajstić information content (AvgIpc) is 3.39. The highest BCUT2D eigenvalue weighted by Gasteiger charge is 2.96. The number of carbonyl (C=O) groups is 4. The molecule has 0 bridgehead atoms. The van der Waals surface area contributed by atoms with Gasteiger partial charge in [-0.05, 0) is 85.1 Å². The van der Waals surface area contributed by atoms with E-state index in [0.717, 1.165) is 88.5 Å². The van der Waals surface area contributed by atoms with Gasteiger partial charge in [0.15, 0.2) is 6.61 Å². The molecule has 28 heteroatoms. The summed E-state index contributed by atoms with van der Waals surface area (Å²) in [5.41, 5.74) is -0.332. The van der Waals surface area contributed by atoms with Crippen molar-refractivity contribution in [2.45, 2.75) is 144 Å². The lowest BCUT2D eigenvalue weighted by Gasteiger charge is -2.43. The molecule has 0 spiro atoms. The van der Waals surface area contributed by atoms with Crippen molar-refractivity contribution < 1.29 is 126 Å². The molecule has 0 atom stereocenters. The van der Waals surface area contributed by atoms with Crippen LogP contribution in [-0.2, 0) is 19.1 Å². The minimum atomic E-state index is -9.05. The second-order valence-corrected chi connectivity index (χ2v) is 17.3. The number of esters is 4. The molecule has 0 fully saturated rings. The monoisotopic (exact) mass is 1150 g/mol. The number of hydrogen-bond acceptors (Lipinski definition) is 9. The molecule has 0 N–H and O–H groups in total. The zero-order valence-electron chi connectivity index (χ0n) is 41.0. The van der Waals surface area contributed by atoms with Crippen molar-refractivity contribution in [1.29, 1.82) is 0 Å². The predicted octanol–water partition coefficient (Wildman–Crippen LogP) is 15.3. The van der Waals surface area contributed by atoms with E-state index in [2.05, 4.69) is 18.6 Å². The van der Waals surface area contributed by atoms with E-state index in [1.54, 1.807) is 0 Å². The highest BCUT2D eigenvalue weighted by molar-refractivity contribution is 6.17. The van der Waals surface area contributed by atoms with Crippen LogP contribution in [0.25, 0.3) is 6.08 Å². The molecule has 0 aliphatic heterocycles. The number of carbonyl (C=O) groups excluding carboxylic acids is 4. The number of hydrogen-bond donors (Lipinski definition) is 0. The van der Waals surface area contributed by atoms with E-state index in [1.807, 2.05) is 0 Å². The van der Waals surface area contributed by atoms with E-state index in [9.17, 15) is 103 Å². The second kappa shape index (κ2) is 26.6. The maximum Gasteiger partial charge on any atom is 0.460 e. The fourth-order valence-electron chi connectivity index (χ4n) is 6.59. The molecular weight excluding hydrogens is 1110 g/mol. The van der Waals surface area contributed by atoms with E-state index in [0.29, 0.717) is 42.7 Å². The SMILES string of the molecule is CCCCCCCCOC(=O)C(=Cc1ccc(C(=O)Oc2ccc(C(=O)Oc3ccc(OCC(F)(F)C(F)(F)C(F)(F)C(F)(F)C(F)(F)C(F)(F)C(F)(F)C(F)(F)C(F)(F)F)cc3)cc2)cc1)C(=O)OCCCCCCCC. The summed E-state index contributed by atoms with van der Waals surface area (Å²) in [7, 11) is 0. The minimum Gasteiger partial charge on any atom is -0.487 e. The molecule has 78 heavy (non-hydrogen) atoms. The number of rotatable bonds is 31.